The molecule has 124 valence electrons. The second kappa shape index (κ2) is 7.63. The number of benzene rings is 1. The van der Waals surface area contributed by atoms with Gasteiger partial charge in [-0.2, -0.15) is 4.98 Å². The molecule has 0 radical (unpaired) electrons. The van der Waals surface area contributed by atoms with Crippen LogP contribution in [0.1, 0.15) is 12.8 Å². The molecule has 3 rings (SSSR count). The number of carbonyl (C=O) groups excluding carboxylic acids is 1. The van der Waals surface area contributed by atoms with E-state index in [0.29, 0.717) is 18.3 Å². The molecule has 0 aliphatic heterocycles. The first-order chi connectivity index (χ1) is 11.6. The lowest BCUT2D eigenvalue weighted by atomic mass is 10.4. The number of hydrogen-bond acceptors (Lipinski definition) is 6. The van der Waals surface area contributed by atoms with Gasteiger partial charge in [0.1, 0.15) is 0 Å². The number of hydrogen-bond donors (Lipinski definition) is 0. The fourth-order valence-corrected chi connectivity index (χ4v) is 3.82. The molecule has 0 fully saturated rings. The molecule has 3 aromatic rings. The van der Waals surface area contributed by atoms with Crippen molar-refractivity contribution < 1.29 is 9.32 Å². The third kappa shape index (κ3) is 4.04. The second-order valence-electron chi connectivity index (χ2n) is 5.26. The van der Waals surface area contributed by atoms with Crippen molar-refractivity contribution >= 4 is 29.0 Å². The highest BCUT2D eigenvalue weighted by atomic mass is 32.2. The highest BCUT2D eigenvalue weighted by molar-refractivity contribution is 8.00. The van der Waals surface area contributed by atoms with Crippen LogP contribution in [0.2, 0.25) is 0 Å². The van der Waals surface area contributed by atoms with Crippen LogP contribution in [0.15, 0.2) is 57.3 Å². The van der Waals surface area contributed by atoms with Gasteiger partial charge in [0.2, 0.25) is 17.6 Å². The second-order valence-corrected chi connectivity index (χ2v) is 7.62. The maximum atomic E-state index is 12.5. The molecule has 0 saturated carbocycles. The number of nitrogens with zero attached hydrogens (tertiary/aromatic N) is 3. The molecule has 0 saturated heterocycles. The lowest BCUT2D eigenvalue weighted by Crippen LogP contribution is -2.32. The van der Waals surface area contributed by atoms with Crippen molar-refractivity contribution in [1.29, 1.82) is 0 Å². The summed E-state index contributed by atoms with van der Waals surface area (Å²) in [5.41, 5.74) is 0. The summed E-state index contributed by atoms with van der Waals surface area (Å²) in [6.45, 7) is 2.21. The zero-order chi connectivity index (χ0) is 16.9. The largest absolute Gasteiger partial charge is 0.337 e. The van der Waals surface area contributed by atoms with Crippen LogP contribution >= 0.6 is 23.1 Å². The molecular formula is C17H17N3O2S2. The Kier molecular flexibility index (Phi) is 5.32. The van der Waals surface area contributed by atoms with Crippen LogP contribution in [0.5, 0.6) is 0 Å². The number of amides is 1. The fraction of sp³-hybridized carbons (Fsp3) is 0.235. The summed E-state index contributed by atoms with van der Waals surface area (Å²) in [4.78, 5) is 20.5. The molecule has 0 aliphatic rings. The molecule has 0 bridgehead atoms. The Morgan fingerprint density at radius 2 is 2.08 bits per heavy atom. The minimum Gasteiger partial charge on any atom is -0.337 e. The zero-order valence-electron chi connectivity index (χ0n) is 13.4. The lowest BCUT2D eigenvalue weighted by molar-refractivity contribution is -0.129. The average Bonchev–Trinajstić information content (AvgIpc) is 3.26. The van der Waals surface area contributed by atoms with E-state index in [0.717, 1.165) is 9.77 Å². The standard InChI is InChI=1S/C17H17N3O2S2/c1-12(24-13-7-4-3-5-8-13)17(21)20(2)11-15-18-16(19-22-15)14-9-6-10-23-14/h3-10,12H,11H2,1-2H3. The van der Waals surface area contributed by atoms with E-state index in [9.17, 15) is 4.79 Å². The maximum absolute atomic E-state index is 12.5. The third-order valence-electron chi connectivity index (χ3n) is 3.36. The van der Waals surface area contributed by atoms with Gasteiger partial charge in [0.25, 0.3) is 0 Å². The Labute approximate surface area is 148 Å². The minimum absolute atomic E-state index is 0.0275. The molecule has 0 spiro atoms. The van der Waals surface area contributed by atoms with Crippen molar-refractivity contribution in [3.05, 3.63) is 53.7 Å². The highest BCUT2D eigenvalue weighted by Gasteiger charge is 2.21. The molecule has 1 atom stereocenters. The van der Waals surface area contributed by atoms with Gasteiger partial charge in [-0.3, -0.25) is 4.79 Å². The zero-order valence-corrected chi connectivity index (χ0v) is 15.0. The number of carbonyl (C=O) groups is 1. The monoisotopic (exact) mass is 359 g/mol. The first-order valence-electron chi connectivity index (χ1n) is 7.46. The van der Waals surface area contributed by atoms with E-state index in [-0.39, 0.29) is 11.2 Å². The summed E-state index contributed by atoms with van der Waals surface area (Å²) >= 11 is 3.09. The van der Waals surface area contributed by atoms with E-state index in [2.05, 4.69) is 10.1 Å². The smallest absolute Gasteiger partial charge is 0.246 e. The molecule has 24 heavy (non-hydrogen) atoms. The molecule has 1 amide bonds. The summed E-state index contributed by atoms with van der Waals surface area (Å²) in [6.07, 6.45) is 0. The molecule has 0 N–H and O–H groups in total. The van der Waals surface area contributed by atoms with Gasteiger partial charge in [-0.05, 0) is 30.5 Å². The first-order valence-corrected chi connectivity index (χ1v) is 9.22. The van der Waals surface area contributed by atoms with Crippen LogP contribution in [0.3, 0.4) is 0 Å². The minimum atomic E-state index is -0.183. The Bertz CT molecular complexity index is 787. The molecule has 1 unspecified atom stereocenters. The van der Waals surface area contributed by atoms with Crippen LogP contribution in [0.25, 0.3) is 10.7 Å². The van der Waals surface area contributed by atoms with Crippen molar-refractivity contribution in [2.24, 2.45) is 0 Å². The maximum Gasteiger partial charge on any atom is 0.246 e. The van der Waals surface area contributed by atoms with Crippen molar-refractivity contribution in [2.75, 3.05) is 7.05 Å². The summed E-state index contributed by atoms with van der Waals surface area (Å²) in [5.74, 6) is 1.03. The average molecular weight is 359 g/mol. The highest BCUT2D eigenvalue weighted by Crippen LogP contribution is 2.25. The van der Waals surface area contributed by atoms with Crippen molar-refractivity contribution in [2.45, 2.75) is 23.6 Å². The SMILES string of the molecule is CC(Sc1ccccc1)C(=O)N(C)Cc1nc(-c2cccs2)no1. The summed E-state index contributed by atoms with van der Waals surface area (Å²) in [6, 6.07) is 13.8. The Morgan fingerprint density at radius 3 is 2.79 bits per heavy atom. The van der Waals surface area contributed by atoms with Gasteiger partial charge in [0.15, 0.2) is 0 Å². The Hall–Kier alpha value is -2.12. The normalized spacial score (nSPS) is 12.1. The van der Waals surface area contributed by atoms with Crippen LogP contribution < -0.4 is 0 Å². The molecule has 7 heteroatoms. The van der Waals surface area contributed by atoms with Crippen LogP contribution in [-0.4, -0.2) is 33.2 Å². The number of rotatable bonds is 6. The molecule has 2 heterocycles. The van der Waals surface area contributed by atoms with E-state index in [1.807, 2.05) is 54.8 Å². The van der Waals surface area contributed by atoms with E-state index in [1.54, 1.807) is 23.3 Å². The number of aromatic nitrogens is 2. The van der Waals surface area contributed by atoms with Gasteiger partial charge in [0.05, 0.1) is 16.7 Å². The topological polar surface area (TPSA) is 59.2 Å². The third-order valence-corrected chi connectivity index (χ3v) is 5.33. The van der Waals surface area contributed by atoms with E-state index >= 15 is 0 Å². The number of thioether (sulfide) groups is 1. The van der Waals surface area contributed by atoms with E-state index in [4.69, 9.17) is 4.52 Å². The summed E-state index contributed by atoms with van der Waals surface area (Å²) < 4.78 is 5.25. The summed E-state index contributed by atoms with van der Waals surface area (Å²) in [5, 5.41) is 5.74. The molecule has 5 nitrogen and oxygen atoms in total. The fourth-order valence-electron chi connectivity index (χ4n) is 2.17. The summed E-state index contributed by atoms with van der Waals surface area (Å²) in [7, 11) is 1.75. The van der Waals surface area contributed by atoms with Gasteiger partial charge in [-0.15, -0.1) is 23.1 Å². The first kappa shape index (κ1) is 16.7. The Balaban J connectivity index is 1.60. The van der Waals surface area contributed by atoms with Crippen molar-refractivity contribution in [3.8, 4) is 10.7 Å². The van der Waals surface area contributed by atoms with Gasteiger partial charge in [-0.1, -0.05) is 29.4 Å². The van der Waals surface area contributed by atoms with Crippen LogP contribution in [0, 0.1) is 0 Å². The van der Waals surface area contributed by atoms with Gasteiger partial charge < -0.3 is 9.42 Å². The predicted octanol–water partition coefficient (Wildman–Crippen LogP) is 3.94. The number of thiophene rings is 1. The predicted molar refractivity (Wildman–Crippen MR) is 95.8 cm³/mol. The van der Waals surface area contributed by atoms with Crippen LogP contribution in [0.4, 0.5) is 0 Å². The van der Waals surface area contributed by atoms with E-state index in [1.165, 1.54) is 11.8 Å². The van der Waals surface area contributed by atoms with Gasteiger partial charge in [0, 0.05) is 11.9 Å². The van der Waals surface area contributed by atoms with Crippen molar-refractivity contribution in [3.63, 3.8) is 0 Å². The van der Waals surface area contributed by atoms with E-state index < -0.39 is 0 Å². The molecule has 0 aliphatic carbocycles. The molecule has 2 aromatic heterocycles. The molecule has 1 aromatic carbocycles. The van der Waals surface area contributed by atoms with Gasteiger partial charge in [-0.25, -0.2) is 0 Å². The van der Waals surface area contributed by atoms with Crippen LogP contribution in [-0.2, 0) is 11.3 Å². The lowest BCUT2D eigenvalue weighted by Gasteiger charge is -2.19. The van der Waals surface area contributed by atoms with Gasteiger partial charge >= 0.3 is 0 Å². The van der Waals surface area contributed by atoms with Crippen molar-refractivity contribution in [1.82, 2.24) is 15.0 Å². The molecular weight excluding hydrogens is 342 g/mol. The quantitative estimate of drug-likeness (QED) is 0.624. The Morgan fingerprint density at radius 1 is 1.29 bits per heavy atom.